The van der Waals surface area contributed by atoms with Crippen LogP contribution in [0.4, 0.5) is 14.9 Å². The fourth-order valence-corrected chi connectivity index (χ4v) is 3.14. The van der Waals surface area contributed by atoms with Crippen molar-refractivity contribution in [2.45, 2.75) is 4.90 Å². The predicted octanol–water partition coefficient (Wildman–Crippen LogP) is 0.207. The summed E-state index contributed by atoms with van der Waals surface area (Å²) in [5, 5.41) is 2.58. The zero-order chi connectivity index (χ0) is 14.0. The van der Waals surface area contributed by atoms with Crippen molar-refractivity contribution in [3.8, 4) is 0 Å². The Morgan fingerprint density at radius 2 is 2.11 bits per heavy atom. The molecule has 2 amide bonds. The van der Waals surface area contributed by atoms with Crippen LogP contribution in [0.25, 0.3) is 0 Å². The van der Waals surface area contributed by atoms with Gasteiger partial charge in [-0.1, -0.05) is 0 Å². The molecule has 0 aliphatic carbocycles. The van der Waals surface area contributed by atoms with Gasteiger partial charge in [0, 0.05) is 25.3 Å². The van der Waals surface area contributed by atoms with Crippen molar-refractivity contribution in [2.24, 2.45) is 0 Å². The third-order valence-electron chi connectivity index (χ3n) is 2.83. The van der Waals surface area contributed by atoms with E-state index in [4.69, 9.17) is 5.73 Å². The minimum absolute atomic E-state index is 0.0532. The molecule has 0 saturated carbocycles. The smallest absolute Gasteiger partial charge is 0.317 e. The van der Waals surface area contributed by atoms with Gasteiger partial charge in [-0.05, 0) is 18.2 Å². The first kappa shape index (κ1) is 13.6. The molecule has 3 N–H and O–H groups in total. The highest BCUT2D eigenvalue weighted by Gasteiger charge is 2.23. The molecule has 2 rings (SSSR count). The zero-order valence-electron chi connectivity index (χ0n) is 10.1. The molecule has 19 heavy (non-hydrogen) atoms. The first-order valence-corrected chi connectivity index (χ1v) is 7.35. The molecule has 104 valence electrons. The Hall–Kier alpha value is -1.83. The SMILES string of the molecule is Nc1cc(F)cc(S(=O)(=O)CCN2CCNC2=O)c1. The number of hydrogen-bond donors (Lipinski definition) is 2. The van der Waals surface area contributed by atoms with Crippen LogP contribution >= 0.6 is 0 Å². The summed E-state index contributed by atoms with van der Waals surface area (Å²) in [6, 6.07) is 2.90. The lowest BCUT2D eigenvalue weighted by molar-refractivity contribution is 0.220. The molecule has 0 spiro atoms. The quantitative estimate of drug-likeness (QED) is 0.774. The standard InChI is InChI=1S/C11H14FN3O3S/c12-8-5-9(13)7-10(6-8)19(17,18)4-3-15-2-1-14-11(15)16/h5-7H,1-4,13H2,(H,14,16). The Bertz CT molecular complexity index is 583. The van der Waals surface area contributed by atoms with E-state index in [1.165, 1.54) is 11.0 Å². The molecule has 0 unspecified atom stereocenters. The number of urea groups is 1. The molecule has 6 nitrogen and oxygen atoms in total. The molecule has 1 fully saturated rings. The second-order valence-electron chi connectivity index (χ2n) is 4.26. The first-order valence-electron chi connectivity index (χ1n) is 5.70. The number of carbonyl (C=O) groups excluding carboxylic acids is 1. The van der Waals surface area contributed by atoms with Gasteiger partial charge in [0.05, 0.1) is 10.6 Å². The van der Waals surface area contributed by atoms with Crippen LogP contribution in [0.15, 0.2) is 23.1 Å². The van der Waals surface area contributed by atoms with E-state index < -0.39 is 15.7 Å². The van der Waals surface area contributed by atoms with Crippen LogP contribution in [0.2, 0.25) is 0 Å². The van der Waals surface area contributed by atoms with E-state index in [1.54, 1.807) is 0 Å². The highest BCUT2D eigenvalue weighted by Crippen LogP contribution is 2.17. The normalized spacial score (nSPS) is 15.6. The van der Waals surface area contributed by atoms with Crippen LogP contribution in [-0.2, 0) is 9.84 Å². The number of carbonyl (C=O) groups is 1. The number of nitrogens with zero attached hydrogens (tertiary/aromatic N) is 1. The van der Waals surface area contributed by atoms with Crippen molar-refractivity contribution >= 4 is 21.6 Å². The van der Waals surface area contributed by atoms with Gasteiger partial charge in [-0.3, -0.25) is 0 Å². The van der Waals surface area contributed by atoms with Crippen molar-refractivity contribution in [1.82, 2.24) is 10.2 Å². The third-order valence-corrected chi connectivity index (χ3v) is 4.50. The Kier molecular flexibility index (Phi) is 3.61. The van der Waals surface area contributed by atoms with Crippen LogP contribution in [-0.4, -0.2) is 44.7 Å². The van der Waals surface area contributed by atoms with Gasteiger partial charge >= 0.3 is 6.03 Å². The van der Waals surface area contributed by atoms with Crippen molar-refractivity contribution in [1.29, 1.82) is 0 Å². The number of anilines is 1. The number of nitrogens with two attached hydrogens (primary N) is 1. The molecule has 1 aliphatic heterocycles. The maximum Gasteiger partial charge on any atom is 0.317 e. The molecule has 1 aliphatic rings. The molecule has 0 radical (unpaired) electrons. The van der Waals surface area contributed by atoms with Crippen LogP contribution < -0.4 is 11.1 Å². The number of hydrogen-bond acceptors (Lipinski definition) is 4. The minimum atomic E-state index is -3.66. The highest BCUT2D eigenvalue weighted by molar-refractivity contribution is 7.91. The molecule has 0 atom stereocenters. The zero-order valence-corrected chi connectivity index (χ0v) is 10.9. The average Bonchev–Trinajstić information content (AvgIpc) is 2.71. The third kappa shape index (κ3) is 3.14. The van der Waals surface area contributed by atoms with Gasteiger partial charge in [0.25, 0.3) is 0 Å². The van der Waals surface area contributed by atoms with Crippen molar-refractivity contribution in [3.05, 3.63) is 24.0 Å². The van der Waals surface area contributed by atoms with Gasteiger partial charge in [0.15, 0.2) is 9.84 Å². The van der Waals surface area contributed by atoms with Crippen molar-refractivity contribution < 1.29 is 17.6 Å². The summed E-state index contributed by atoms with van der Waals surface area (Å²) in [4.78, 5) is 12.5. The van der Waals surface area contributed by atoms with Crippen LogP contribution in [0.3, 0.4) is 0 Å². The number of rotatable bonds is 4. The van der Waals surface area contributed by atoms with E-state index in [-0.39, 0.29) is 28.9 Å². The summed E-state index contributed by atoms with van der Waals surface area (Å²) in [7, 11) is -3.66. The molecule has 8 heteroatoms. The van der Waals surface area contributed by atoms with Crippen LogP contribution in [0.5, 0.6) is 0 Å². The minimum Gasteiger partial charge on any atom is -0.399 e. The van der Waals surface area contributed by atoms with Crippen molar-refractivity contribution in [2.75, 3.05) is 31.1 Å². The lowest BCUT2D eigenvalue weighted by atomic mass is 10.3. The second-order valence-corrected chi connectivity index (χ2v) is 6.37. The van der Waals surface area contributed by atoms with Gasteiger partial charge in [-0.25, -0.2) is 17.6 Å². The Morgan fingerprint density at radius 1 is 1.37 bits per heavy atom. The molecule has 1 heterocycles. The molecule has 1 aromatic carbocycles. The molecule has 1 saturated heterocycles. The van der Waals surface area contributed by atoms with Gasteiger partial charge in [0.2, 0.25) is 0 Å². The fourth-order valence-electron chi connectivity index (χ4n) is 1.84. The van der Waals surface area contributed by atoms with E-state index in [9.17, 15) is 17.6 Å². The number of sulfone groups is 1. The number of benzene rings is 1. The number of amides is 2. The fraction of sp³-hybridized carbons (Fsp3) is 0.364. The Balaban J connectivity index is 2.11. The van der Waals surface area contributed by atoms with Gasteiger partial charge in [0.1, 0.15) is 5.82 Å². The van der Waals surface area contributed by atoms with Crippen LogP contribution in [0.1, 0.15) is 0 Å². The summed E-state index contributed by atoms with van der Waals surface area (Å²) < 4.78 is 37.2. The topological polar surface area (TPSA) is 92.5 Å². The summed E-state index contributed by atoms with van der Waals surface area (Å²) in [5.74, 6) is -0.957. The van der Waals surface area contributed by atoms with E-state index >= 15 is 0 Å². The first-order chi connectivity index (χ1) is 8.88. The summed E-state index contributed by atoms with van der Waals surface area (Å²) in [6.07, 6.45) is 0. The Labute approximate surface area is 110 Å². The number of nitrogen functional groups attached to an aromatic ring is 1. The molecular weight excluding hydrogens is 273 g/mol. The predicted molar refractivity (Wildman–Crippen MR) is 67.8 cm³/mol. The molecule has 1 aromatic rings. The van der Waals surface area contributed by atoms with E-state index in [0.29, 0.717) is 13.1 Å². The molecule has 0 bridgehead atoms. The van der Waals surface area contributed by atoms with E-state index in [1.807, 2.05) is 0 Å². The molecule has 0 aromatic heterocycles. The number of nitrogens with one attached hydrogen (secondary N) is 1. The van der Waals surface area contributed by atoms with Gasteiger partial charge < -0.3 is 16.0 Å². The Morgan fingerprint density at radius 3 is 2.68 bits per heavy atom. The van der Waals surface area contributed by atoms with Crippen molar-refractivity contribution in [3.63, 3.8) is 0 Å². The average molecular weight is 287 g/mol. The monoisotopic (exact) mass is 287 g/mol. The highest BCUT2D eigenvalue weighted by atomic mass is 32.2. The summed E-state index contributed by atoms with van der Waals surface area (Å²) in [6.45, 7) is 1.05. The van der Waals surface area contributed by atoms with E-state index in [2.05, 4.69) is 5.32 Å². The largest absolute Gasteiger partial charge is 0.399 e. The second kappa shape index (κ2) is 5.04. The maximum absolute atomic E-state index is 13.1. The lowest BCUT2D eigenvalue weighted by Gasteiger charge is -2.14. The lowest BCUT2D eigenvalue weighted by Crippen LogP contribution is -2.32. The molecular formula is C11H14FN3O3S. The van der Waals surface area contributed by atoms with Crippen LogP contribution in [0, 0.1) is 5.82 Å². The maximum atomic E-state index is 13.1. The van der Waals surface area contributed by atoms with E-state index in [0.717, 1.165) is 12.1 Å². The van der Waals surface area contributed by atoms with Gasteiger partial charge in [-0.15, -0.1) is 0 Å². The summed E-state index contributed by atoms with van der Waals surface area (Å²) in [5.41, 5.74) is 5.47. The number of halogens is 1. The van der Waals surface area contributed by atoms with Gasteiger partial charge in [-0.2, -0.15) is 0 Å². The summed E-state index contributed by atoms with van der Waals surface area (Å²) >= 11 is 0.